The minimum absolute atomic E-state index is 0.0256. The second-order valence-electron chi connectivity index (χ2n) is 10.2. The molecule has 2 N–H and O–H groups in total. The van der Waals surface area contributed by atoms with Gasteiger partial charge >= 0.3 is 0 Å². The van der Waals surface area contributed by atoms with Crippen LogP contribution in [0, 0.1) is 11.3 Å². The number of hydrogen-bond acceptors (Lipinski definition) is 4. The lowest BCUT2D eigenvalue weighted by atomic mass is 9.72. The van der Waals surface area contributed by atoms with Gasteiger partial charge in [-0.15, -0.1) is 11.3 Å². The van der Waals surface area contributed by atoms with E-state index in [0.717, 1.165) is 35.9 Å². The van der Waals surface area contributed by atoms with Gasteiger partial charge in [-0.25, -0.2) is 4.98 Å². The van der Waals surface area contributed by atoms with Crippen molar-refractivity contribution >= 4 is 27.5 Å². The molecule has 6 heteroatoms. The van der Waals surface area contributed by atoms with E-state index in [4.69, 9.17) is 4.98 Å². The first-order valence-corrected chi connectivity index (χ1v) is 12.6. The topological polar surface area (TPSA) is 74.8 Å². The van der Waals surface area contributed by atoms with Gasteiger partial charge in [-0.05, 0) is 68.3 Å². The molecule has 0 saturated heterocycles. The smallest absolute Gasteiger partial charge is 0.259 e. The number of nitrogens with zero attached hydrogens (tertiary/aromatic N) is 1. The number of thiophene rings is 1. The number of aromatic nitrogens is 2. The number of carbonyl (C=O) groups excluding carboxylic acids is 1. The van der Waals surface area contributed by atoms with Crippen molar-refractivity contribution in [3.8, 4) is 0 Å². The molecule has 1 unspecified atom stereocenters. The molecule has 0 aromatic carbocycles. The summed E-state index contributed by atoms with van der Waals surface area (Å²) in [5.41, 5.74) is 2.91. The van der Waals surface area contributed by atoms with Gasteiger partial charge in [-0.3, -0.25) is 9.59 Å². The molecule has 0 radical (unpaired) electrons. The number of aromatic amines is 1. The Balaban J connectivity index is 1.37. The Bertz CT molecular complexity index is 1040. The molecule has 31 heavy (non-hydrogen) atoms. The predicted octanol–water partition coefficient (Wildman–Crippen LogP) is 5.07. The number of aryl methyl sites for hydroxylation is 2. The van der Waals surface area contributed by atoms with Gasteiger partial charge in [0.05, 0.1) is 5.39 Å². The third-order valence-corrected chi connectivity index (χ3v) is 8.08. The van der Waals surface area contributed by atoms with E-state index < -0.39 is 0 Å². The van der Waals surface area contributed by atoms with Gasteiger partial charge in [-0.2, -0.15) is 0 Å². The SMILES string of the molecule is CC(C)(C)C1CCc2c(sc3nc(CCC(=O)NCCC4=CCCCC4)[nH]c(=O)c23)C1. The van der Waals surface area contributed by atoms with Crippen molar-refractivity contribution in [3.05, 3.63) is 38.3 Å². The third-order valence-electron chi connectivity index (χ3n) is 6.94. The van der Waals surface area contributed by atoms with E-state index in [1.165, 1.54) is 41.7 Å². The van der Waals surface area contributed by atoms with Crippen LogP contribution in [0.1, 0.15) is 82.0 Å². The van der Waals surface area contributed by atoms with Crippen LogP contribution in [0.5, 0.6) is 0 Å². The number of amides is 1. The van der Waals surface area contributed by atoms with Crippen LogP contribution in [0.3, 0.4) is 0 Å². The lowest BCUT2D eigenvalue weighted by molar-refractivity contribution is -0.121. The van der Waals surface area contributed by atoms with Crippen LogP contribution in [0.4, 0.5) is 0 Å². The average molecular weight is 442 g/mol. The minimum Gasteiger partial charge on any atom is -0.356 e. The Hall–Kier alpha value is -1.95. The van der Waals surface area contributed by atoms with E-state index >= 15 is 0 Å². The van der Waals surface area contributed by atoms with Gasteiger partial charge in [0, 0.05) is 24.3 Å². The molecular weight excluding hydrogens is 406 g/mol. The largest absolute Gasteiger partial charge is 0.356 e. The summed E-state index contributed by atoms with van der Waals surface area (Å²) in [6.07, 6.45) is 12.1. The van der Waals surface area contributed by atoms with Crippen LogP contribution in [0.25, 0.3) is 10.2 Å². The van der Waals surface area contributed by atoms with Crippen LogP contribution in [-0.2, 0) is 24.1 Å². The Kier molecular flexibility index (Phi) is 6.65. The summed E-state index contributed by atoms with van der Waals surface area (Å²) in [6.45, 7) is 7.60. The van der Waals surface area contributed by atoms with Crippen molar-refractivity contribution in [2.24, 2.45) is 11.3 Å². The zero-order chi connectivity index (χ0) is 22.0. The number of allylic oxidation sites excluding steroid dienone is 1. The lowest BCUT2D eigenvalue weighted by Crippen LogP contribution is -2.26. The number of hydrogen-bond donors (Lipinski definition) is 2. The monoisotopic (exact) mass is 441 g/mol. The van der Waals surface area contributed by atoms with Crippen molar-refractivity contribution in [2.45, 2.75) is 85.0 Å². The zero-order valence-electron chi connectivity index (χ0n) is 19.1. The number of carbonyl (C=O) groups is 1. The van der Waals surface area contributed by atoms with E-state index in [1.807, 2.05) is 0 Å². The van der Waals surface area contributed by atoms with Crippen molar-refractivity contribution in [3.63, 3.8) is 0 Å². The third kappa shape index (κ3) is 5.28. The Morgan fingerprint density at radius 3 is 2.84 bits per heavy atom. The van der Waals surface area contributed by atoms with E-state index in [9.17, 15) is 9.59 Å². The molecule has 2 heterocycles. The quantitative estimate of drug-likeness (QED) is 0.614. The molecule has 2 aliphatic rings. The highest BCUT2D eigenvalue weighted by atomic mass is 32.1. The average Bonchev–Trinajstić information content (AvgIpc) is 3.10. The van der Waals surface area contributed by atoms with Crippen LogP contribution >= 0.6 is 11.3 Å². The molecule has 0 bridgehead atoms. The van der Waals surface area contributed by atoms with E-state index in [1.54, 1.807) is 11.3 Å². The van der Waals surface area contributed by atoms with Gasteiger partial charge in [0.2, 0.25) is 5.91 Å². The van der Waals surface area contributed by atoms with Crippen molar-refractivity contribution in [1.29, 1.82) is 0 Å². The van der Waals surface area contributed by atoms with E-state index in [2.05, 4.69) is 37.1 Å². The standard InChI is InChI=1S/C25H35N3O2S/c1-25(2,3)17-9-10-18-19(15-17)31-24-22(18)23(30)27-20(28-24)11-12-21(29)26-14-13-16-7-5-4-6-8-16/h7,17H,4-6,8-15H2,1-3H3,(H,26,29)(H,27,28,30). The summed E-state index contributed by atoms with van der Waals surface area (Å²) in [4.78, 5) is 34.9. The molecule has 4 rings (SSSR count). The van der Waals surface area contributed by atoms with Crippen LogP contribution in [0.15, 0.2) is 16.4 Å². The molecule has 2 aliphatic carbocycles. The van der Waals surface area contributed by atoms with E-state index in [-0.39, 0.29) is 16.9 Å². The number of fused-ring (bicyclic) bond motifs is 3. The molecule has 2 aromatic heterocycles. The summed E-state index contributed by atoms with van der Waals surface area (Å²) in [6, 6.07) is 0. The fraction of sp³-hybridized carbons (Fsp3) is 0.640. The van der Waals surface area contributed by atoms with Gasteiger partial charge in [-0.1, -0.05) is 32.4 Å². The molecule has 1 atom stereocenters. The molecule has 168 valence electrons. The summed E-state index contributed by atoms with van der Waals surface area (Å²) < 4.78 is 0. The maximum atomic E-state index is 12.8. The molecule has 0 fully saturated rings. The molecular formula is C25H35N3O2S. The minimum atomic E-state index is -0.0450. The lowest BCUT2D eigenvalue weighted by Gasteiger charge is -2.33. The molecule has 0 saturated carbocycles. The molecule has 0 aliphatic heterocycles. The summed E-state index contributed by atoms with van der Waals surface area (Å²) >= 11 is 1.67. The van der Waals surface area contributed by atoms with Gasteiger partial charge in [0.15, 0.2) is 0 Å². The van der Waals surface area contributed by atoms with Crippen molar-refractivity contribution in [2.75, 3.05) is 6.54 Å². The first-order valence-electron chi connectivity index (χ1n) is 11.8. The normalized spacial score (nSPS) is 19.2. The molecule has 0 spiro atoms. The van der Waals surface area contributed by atoms with Crippen LogP contribution in [0.2, 0.25) is 0 Å². The zero-order valence-corrected chi connectivity index (χ0v) is 19.9. The fourth-order valence-electron chi connectivity index (χ4n) is 4.90. The summed E-state index contributed by atoms with van der Waals surface area (Å²) in [5, 5.41) is 3.79. The number of H-pyrrole nitrogens is 1. The number of nitrogens with one attached hydrogen (secondary N) is 2. The Morgan fingerprint density at radius 2 is 2.10 bits per heavy atom. The van der Waals surface area contributed by atoms with Crippen LogP contribution < -0.4 is 10.9 Å². The predicted molar refractivity (Wildman–Crippen MR) is 128 cm³/mol. The van der Waals surface area contributed by atoms with Crippen LogP contribution in [-0.4, -0.2) is 22.4 Å². The van der Waals surface area contributed by atoms with Gasteiger partial charge in [0.1, 0.15) is 10.7 Å². The molecule has 1 amide bonds. The Morgan fingerprint density at radius 1 is 1.26 bits per heavy atom. The molecule has 2 aromatic rings. The highest BCUT2D eigenvalue weighted by Crippen LogP contribution is 2.41. The van der Waals surface area contributed by atoms with Crippen molar-refractivity contribution in [1.82, 2.24) is 15.3 Å². The van der Waals surface area contributed by atoms with Gasteiger partial charge in [0.25, 0.3) is 5.56 Å². The second-order valence-corrected chi connectivity index (χ2v) is 11.3. The summed E-state index contributed by atoms with van der Waals surface area (Å²) in [5.74, 6) is 1.28. The summed E-state index contributed by atoms with van der Waals surface area (Å²) in [7, 11) is 0. The van der Waals surface area contributed by atoms with E-state index in [0.29, 0.717) is 31.1 Å². The van der Waals surface area contributed by atoms with Crippen molar-refractivity contribution < 1.29 is 4.79 Å². The highest BCUT2D eigenvalue weighted by Gasteiger charge is 2.31. The maximum absolute atomic E-state index is 12.8. The fourth-order valence-corrected chi connectivity index (χ4v) is 6.22. The second kappa shape index (κ2) is 9.27. The molecule has 5 nitrogen and oxygen atoms in total. The van der Waals surface area contributed by atoms with Gasteiger partial charge < -0.3 is 10.3 Å². The first kappa shape index (κ1) is 22.3. The first-order chi connectivity index (χ1) is 14.8. The highest BCUT2D eigenvalue weighted by molar-refractivity contribution is 7.18. The Labute approximate surface area is 188 Å². The maximum Gasteiger partial charge on any atom is 0.259 e. The number of rotatable bonds is 6.